The Morgan fingerprint density at radius 2 is 1.08 bits per heavy atom. The van der Waals surface area contributed by atoms with Crippen LogP contribution in [0.2, 0.25) is 0 Å². The maximum Gasteiger partial charge on any atom is 0.00262 e. The molecule has 4 aromatic carbocycles. The maximum absolute atomic E-state index is 2.52. The summed E-state index contributed by atoms with van der Waals surface area (Å²) in [7, 11) is -0.964. The van der Waals surface area contributed by atoms with E-state index in [1.54, 1.807) is 10.9 Å². The van der Waals surface area contributed by atoms with Crippen LogP contribution >= 0.6 is 15.8 Å². The molecule has 0 saturated heterocycles. The Labute approximate surface area is 226 Å². The number of benzene rings is 4. The van der Waals surface area contributed by atoms with Crippen molar-refractivity contribution in [1.82, 2.24) is 0 Å². The third-order valence-corrected chi connectivity index (χ3v) is 14.2. The first-order chi connectivity index (χ1) is 17.6. The van der Waals surface area contributed by atoms with Gasteiger partial charge in [0.25, 0.3) is 0 Å². The summed E-state index contributed by atoms with van der Waals surface area (Å²) in [6.07, 6.45) is 5.97. The van der Waals surface area contributed by atoms with Gasteiger partial charge in [0.15, 0.2) is 0 Å². The molecular formula is C35H40P2. The lowest BCUT2D eigenvalue weighted by Crippen LogP contribution is -2.31. The van der Waals surface area contributed by atoms with E-state index >= 15 is 0 Å². The molecule has 4 aromatic rings. The highest BCUT2D eigenvalue weighted by molar-refractivity contribution is 7.77. The largest absolute Gasteiger partial charge is 0.0882 e. The van der Waals surface area contributed by atoms with E-state index in [0.717, 1.165) is 6.42 Å². The third-order valence-electron chi connectivity index (χ3n) is 7.51. The molecule has 0 amide bonds. The van der Waals surface area contributed by atoms with Crippen LogP contribution in [0.15, 0.2) is 108 Å². The van der Waals surface area contributed by atoms with Gasteiger partial charge in [-0.25, -0.2) is 0 Å². The Balaban J connectivity index is 1.79. The Morgan fingerprint density at radius 3 is 1.57 bits per heavy atom. The first-order valence-electron chi connectivity index (χ1n) is 13.5. The molecule has 0 unspecified atom stereocenters. The second-order valence-electron chi connectivity index (χ2n) is 12.2. The zero-order chi connectivity index (χ0) is 26.4. The van der Waals surface area contributed by atoms with Crippen LogP contribution in [-0.2, 0) is 0 Å². The van der Waals surface area contributed by atoms with Gasteiger partial charge in [0.05, 0.1) is 0 Å². The average molecular weight is 523 g/mol. The zero-order valence-corrected chi connectivity index (χ0v) is 25.2. The van der Waals surface area contributed by atoms with E-state index < -0.39 is 7.92 Å². The molecule has 1 aliphatic carbocycles. The van der Waals surface area contributed by atoms with E-state index in [2.05, 4.69) is 146 Å². The van der Waals surface area contributed by atoms with Gasteiger partial charge in [-0.3, -0.25) is 0 Å². The number of rotatable bonds is 5. The summed E-state index contributed by atoms with van der Waals surface area (Å²) in [5.74, 6) is 0. The minimum absolute atomic E-state index is 0.272. The van der Waals surface area contributed by atoms with Gasteiger partial charge in [-0.1, -0.05) is 153 Å². The lowest BCUT2D eigenvalue weighted by atomic mass is 10.1. The molecule has 0 aliphatic heterocycles. The van der Waals surface area contributed by atoms with Gasteiger partial charge < -0.3 is 0 Å². The second kappa shape index (κ2) is 10.1. The fourth-order valence-corrected chi connectivity index (χ4v) is 14.6. The van der Waals surface area contributed by atoms with E-state index in [0.29, 0.717) is 5.66 Å². The van der Waals surface area contributed by atoms with Gasteiger partial charge in [-0.2, -0.15) is 0 Å². The Kier molecular flexibility index (Phi) is 7.22. The first kappa shape index (κ1) is 26.4. The number of fused-ring (bicyclic) bond motifs is 2. The lowest BCUT2D eigenvalue weighted by molar-refractivity contribution is 0.695. The molecule has 37 heavy (non-hydrogen) atoms. The van der Waals surface area contributed by atoms with Crippen molar-refractivity contribution < 1.29 is 0 Å². The summed E-state index contributed by atoms with van der Waals surface area (Å²) < 4.78 is 0. The molecule has 0 N–H and O–H groups in total. The minimum Gasteiger partial charge on any atom is -0.0882 e. The van der Waals surface area contributed by atoms with Gasteiger partial charge in [-0.05, 0) is 67.7 Å². The molecule has 0 radical (unpaired) electrons. The molecule has 0 fully saturated rings. The summed E-state index contributed by atoms with van der Waals surface area (Å²) in [6, 6.07) is 31.8. The fourth-order valence-electron chi connectivity index (χ4n) is 6.65. The smallest absolute Gasteiger partial charge is 0.00262 e. The van der Waals surface area contributed by atoms with Gasteiger partial charge in [0, 0.05) is 5.66 Å². The molecule has 1 atom stereocenters. The summed E-state index contributed by atoms with van der Waals surface area (Å²) in [5, 5.41) is 10.6. The van der Waals surface area contributed by atoms with E-state index in [-0.39, 0.29) is 18.2 Å². The number of hydrogen-bond acceptors (Lipinski definition) is 0. The quantitative estimate of drug-likeness (QED) is 0.229. The van der Waals surface area contributed by atoms with Crippen LogP contribution in [-0.4, -0.2) is 16.0 Å². The Bertz CT molecular complexity index is 1390. The normalized spacial score (nSPS) is 15.5. The molecular weight excluding hydrogens is 482 g/mol. The second-order valence-corrected chi connectivity index (χ2v) is 18.6. The molecule has 1 aliphatic rings. The van der Waals surface area contributed by atoms with Crippen LogP contribution in [0, 0.1) is 0 Å². The SMILES string of the molecule is C[C@H](C1=C(P(c2cccc3ccccc23)c2cccc3ccccc23)CC=C1)P(C(C)(C)C)C(C)(C)C. The standard InChI is InChI=1S/C35H40P2/c1-25(37(34(2,3)4)35(5,6)7)28-21-14-24-31(28)36(32-22-12-17-26-15-8-10-19-29(26)32)33-23-13-18-27-16-9-11-20-30(27)33/h8-23,25H,24H2,1-7H3/t25-/m1/s1. The Hall–Kier alpha value is -2.26. The summed E-state index contributed by atoms with van der Waals surface area (Å²) in [5.41, 5.74) is 2.14. The molecule has 0 bridgehead atoms. The van der Waals surface area contributed by atoms with Gasteiger partial charge in [-0.15, -0.1) is 0 Å². The predicted octanol–water partition coefficient (Wildman–Crippen LogP) is 10.1. The maximum atomic E-state index is 2.52. The van der Waals surface area contributed by atoms with E-state index in [9.17, 15) is 0 Å². The van der Waals surface area contributed by atoms with Crippen molar-refractivity contribution in [2.24, 2.45) is 0 Å². The minimum atomic E-state index is -0.692. The van der Waals surface area contributed by atoms with E-state index in [1.165, 1.54) is 32.2 Å². The highest BCUT2D eigenvalue weighted by Crippen LogP contribution is 2.66. The van der Waals surface area contributed by atoms with Gasteiger partial charge in [0.1, 0.15) is 0 Å². The van der Waals surface area contributed by atoms with Gasteiger partial charge in [0.2, 0.25) is 0 Å². The van der Waals surface area contributed by atoms with Crippen LogP contribution in [0.3, 0.4) is 0 Å². The summed E-state index contributed by atoms with van der Waals surface area (Å²) in [6.45, 7) is 17.3. The topological polar surface area (TPSA) is 0 Å². The first-order valence-corrected chi connectivity index (χ1v) is 16.3. The molecule has 0 spiro atoms. The molecule has 2 heteroatoms. The third kappa shape index (κ3) is 5.09. The van der Waals surface area contributed by atoms with Crippen LogP contribution in [0.1, 0.15) is 54.9 Å². The van der Waals surface area contributed by atoms with Gasteiger partial charge >= 0.3 is 0 Å². The van der Waals surface area contributed by atoms with Crippen molar-refractivity contribution in [2.45, 2.75) is 70.9 Å². The molecule has 0 aromatic heterocycles. The van der Waals surface area contributed by atoms with Crippen LogP contribution in [0.25, 0.3) is 21.5 Å². The molecule has 5 rings (SSSR count). The highest BCUT2D eigenvalue weighted by atomic mass is 31.1. The molecule has 0 nitrogen and oxygen atoms in total. The monoisotopic (exact) mass is 522 g/mol. The fraction of sp³-hybridized carbons (Fsp3) is 0.314. The van der Waals surface area contributed by atoms with E-state index in [1.807, 2.05) is 0 Å². The van der Waals surface area contributed by atoms with E-state index in [4.69, 9.17) is 0 Å². The predicted molar refractivity (Wildman–Crippen MR) is 171 cm³/mol. The van der Waals surface area contributed by atoms with Crippen LogP contribution in [0.5, 0.6) is 0 Å². The number of allylic oxidation sites excluding steroid dienone is 4. The lowest BCUT2D eigenvalue weighted by Gasteiger charge is -2.46. The van der Waals surface area contributed by atoms with Crippen molar-refractivity contribution in [3.05, 3.63) is 108 Å². The zero-order valence-electron chi connectivity index (χ0n) is 23.4. The summed E-state index contributed by atoms with van der Waals surface area (Å²) in [4.78, 5) is 0. The van der Waals surface area contributed by atoms with Crippen molar-refractivity contribution in [3.63, 3.8) is 0 Å². The van der Waals surface area contributed by atoms with Crippen LogP contribution < -0.4 is 10.6 Å². The highest BCUT2D eigenvalue weighted by Gasteiger charge is 2.40. The van der Waals surface area contributed by atoms with Crippen molar-refractivity contribution in [1.29, 1.82) is 0 Å². The van der Waals surface area contributed by atoms with Crippen LogP contribution in [0.4, 0.5) is 0 Å². The number of hydrogen-bond donors (Lipinski definition) is 0. The average Bonchev–Trinajstić information content (AvgIpc) is 3.32. The molecule has 190 valence electrons. The van der Waals surface area contributed by atoms with Crippen molar-refractivity contribution in [3.8, 4) is 0 Å². The van der Waals surface area contributed by atoms with Crippen molar-refractivity contribution >= 4 is 48.0 Å². The summed E-state index contributed by atoms with van der Waals surface area (Å²) >= 11 is 0. The molecule has 0 heterocycles. The Morgan fingerprint density at radius 1 is 0.622 bits per heavy atom. The molecule has 0 saturated carbocycles. The van der Waals surface area contributed by atoms with Crippen molar-refractivity contribution in [2.75, 3.05) is 0 Å².